The molecule has 2 aromatic heterocycles. The molecule has 0 aliphatic carbocycles. The van der Waals surface area contributed by atoms with Crippen molar-refractivity contribution in [1.29, 1.82) is 0 Å². The van der Waals surface area contributed by atoms with Crippen molar-refractivity contribution in [3.63, 3.8) is 0 Å². The average Bonchev–Trinajstić information content (AvgIpc) is 3.04. The monoisotopic (exact) mass is 365 g/mol. The SMILES string of the molecule is CCCN(CCC)C(=O)Cn1c(=O)n(CC(C)C)c(=O)c2sccc21. The first kappa shape index (κ1) is 19.4. The highest BCUT2D eigenvalue weighted by atomic mass is 32.1. The molecule has 0 bridgehead atoms. The standard InChI is InChI=1S/C18H27N3O3S/c1-5-8-19(9-6-2)15(22)12-20-14-7-10-25-16(14)17(23)21(18(20)24)11-13(3)4/h7,10,13H,5-6,8-9,11-12H2,1-4H3. The fourth-order valence-electron chi connectivity index (χ4n) is 2.95. The lowest BCUT2D eigenvalue weighted by Gasteiger charge is -2.22. The Labute approximate surface area is 151 Å². The van der Waals surface area contributed by atoms with E-state index in [1.807, 2.05) is 27.7 Å². The minimum atomic E-state index is -0.397. The molecule has 0 aromatic carbocycles. The number of carbonyl (C=O) groups excluding carboxylic acids is 1. The molecular formula is C18H27N3O3S. The Kier molecular flexibility index (Phi) is 6.58. The zero-order valence-corrected chi connectivity index (χ0v) is 16.3. The van der Waals surface area contributed by atoms with Crippen LogP contribution in [-0.4, -0.2) is 33.0 Å². The molecule has 7 heteroatoms. The van der Waals surface area contributed by atoms with Gasteiger partial charge in [-0.1, -0.05) is 27.7 Å². The van der Waals surface area contributed by atoms with Crippen LogP contribution in [0, 0.1) is 5.92 Å². The highest BCUT2D eigenvalue weighted by molar-refractivity contribution is 7.17. The third-order valence-corrected chi connectivity index (χ3v) is 4.91. The summed E-state index contributed by atoms with van der Waals surface area (Å²) in [6, 6.07) is 1.75. The van der Waals surface area contributed by atoms with E-state index in [4.69, 9.17) is 0 Å². The van der Waals surface area contributed by atoms with E-state index in [0.717, 1.165) is 12.8 Å². The molecule has 0 fully saturated rings. The third kappa shape index (κ3) is 4.21. The third-order valence-electron chi connectivity index (χ3n) is 4.02. The Hall–Kier alpha value is -1.89. The molecule has 0 saturated carbocycles. The second-order valence-corrected chi connectivity index (χ2v) is 7.61. The van der Waals surface area contributed by atoms with Crippen molar-refractivity contribution in [3.05, 3.63) is 32.3 Å². The summed E-state index contributed by atoms with van der Waals surface area (Å²) < 4.78 is 3.25. The van der Waals surface area contributed by atoms with Gasteiger partial charge >= 0.3 is 5.69 Å². The highest BCUT2D eigenvalue weighted by Crippen LogP contribution is 2.16. The van der Waals surface area contributed by atoms with E-state index in [1.165, 1.54) is 20.5 Å². The second-order valence-electron chi connectivity index (χ2n) is 6.69. The fraction of sp³-hybridized carbons (Fsp3) is 0.611. The second kappa shape index (κ2) is 8.47. The zero-order chi connectivity index (χ0) is 18.6. The lowest BCUT2D eigenvalue weighted by atomic mass is 10.2. The largest absolute Gasteiger partial charge is 0.341 e. The Balaban J connectivity index is 2.50. The first-order valence-corrected chi connectivity index (χ1v) is 9.77. The number of hydrogen-bond donors (Lipinski definition) is 0. The van der Waals surface area contributed by atoms with Crippen molar-refractivity contribution in [1.82, 2.24) is 14.0 Å². The van der Waals surface area contributed by atoms with Crippen LogP contribution in [0.4, 0.5) is 0 Å². The summed E-state index contributed by atoms with van der Waals surface area (Å²) in [5.74, 6) is 0.0942. The van der Waals surface area contributed by atoms with Crippen LogP contribution >= 0.6 is 11.3 Å². The average molecular weight is 365 g/mol. The van der Waals surface area contributed by atoms with E-state index in [-0.39, 0.29) is 23.9 Å². The highest BCUT2D eigenvalue weighted by Gasteiger charge is 2.19. The summed E-state index contributed by atoms with van der Waals surface area (Å²) in [7, 11) is 0. The first-order chi connectivity index (χ1) is 11.9. The van der Waals surface area contributed by atoms with Crippen LogP contribution in [-0.2, 0) is 17.9 Å². The topological polar surface area (TPSA) is 64.3 Å². The van der Waals surface area contributed by atoms with Gasteiger partial charge in [-0.15, -0.1) is 11.3 Å². The van der Waals surface area contributed by atoms with E-state index in [9.17, 15) is 14.4 Å². The van der Waals surface area contributed by atoms with Crippen molar-refractivity contribution in [3.8, 4) is 0 Å². The normalized spacial score (nSPS) is 11.4. The Morgan fingerprint density at radius 3 is 2.36 bits per heavy atom. The molecule has 0 saturated heterocycles. The van der Waals surface area contributed by atoms with Crippen molar-refractivity contribution >= 4 is 27.5 Å². The van der Waals surface area contributed by atoms with Crippen molar-refractivity contribution in [2.45, 2.75) is 53.6 Å². The van der Waals surface area contributed by atoms with E-state index in [1.54, 1.807) is 16.3 Å². The van der Waals surface area contributed by atoms with Gasteiger partial charge in [0.25, 0.3) is 5.56 Å². The first-order valence-electron chi connectivity index (χ1n) is 8.89. The molecule has 2 aromatic rings. The zero-order valence-electron chi connectivity index (χ0n) is 15.4. The van der Waals surface area contributed by atoms with E-state index >= 15 is 0 Å². The van der Waals surface area contributed by atoms with Gasteiger partial charge in [0.2, 0.25) is 5.91 Å². The number of aromatic nitrogens is 2. The summed E-state index contributed by atoms with van der Waals surface area (Å²) in [4.78, 5) is 40.0. The van der Waals surface area contributed by atoms with Gasteiger partial charge in [-0.05, 0) is 30.2 Å². The lowest BCUT2D eigenvalue weighted by Crippen LogP contribution is -2.44. The van der Waals surface area contributed by atoms with Gasteiger partial charge in [0.05, 0.1) is 5.52 Å². The maximum atomic E-state index is 12.9. The minimum absolute atomic E-state index is 0.0234. The number of rotatable bonds is 8. The predicted molar refractivity (Wildman–Crippen MR) is 102 cm³/mol. The molecule has 138 valence electrons. The summed E-state index contributed by atoms with van der Waals surface area (Å²) >= 11 is 1.32. The van der Waals surface area contributed by atoms with Gasteiger partial charge in [0.15, 0.2) is 0 Å². The molecule has 1 amide bonds. The molecule has 0 spiro atoms. The van der Waals surface area contributed by atoms with Crippen molar-refractivity contribution in [2.24, 2.45) is 5.92 Å². The molecule has 0 aliphatic rings. The van der Waals surface area contributed by atoms with Gasteiger partial charge < -0.3 is 4.90 Å². The molecule has 0 unspecified atom stereocenters. The van der Waals surface area contributed by atoms with Crippen LogP contribution in [0.25, 0.3) is 10.2 Å². The fourth-order valence-corrected chi connectivity index (χ4v) is 3.79. The number of amides is 1. The summed E-state index contributed by atoms with van der Waals surface area (Å²) in [6.07, 6.45) is 1.75. The van der Waals surface area contributed by atoms with Crippen LogP contribution in [0.2, 0.25) is 0 Å². The van der Waals surface area contributed by atoms with E-state index in [0.29, 0.717) is 29.9 Å². The van der Waals surface area contributed by atoms with Gasteiger partial charge in [-0.25, -0.2) is 4.79 Å². The Bertz CT molecular complexity index is 841. The number of nitrogens with zero attached hydrogens (tertiary/aromatic N) is 3. The summed E-state index contributed by atoms with van der Waals surface area (Å²) in [5, 5.41) is 1.79. The van der Waals surface area contributed by atoms with Gasteiger partial charge in [0.1, 0.15) is 11.2 Å². The Morgan fingerprint density at radius 1 is 1.16 bits per heavy atom. The van der Waals surface area contributed by atoms with Crippen LogP contribution in [0.1, 0.15) is 40.5 Å². The van der Waals surface area contributed by atoms with Crippen LogP contribution < -0.4 is 11.2 Å². The van der Waals surface area contributed by atoms with E-state index in [2.05, 4.69) is 0 Å². The number of fused-ring (bicyclic) bond motifs is 1. The predicted octanol–water partition coefficient (Wildman–Crippen LogP) is 2.53. The molecule has 25 heavy (non-hydrogen) atoms. The minimum Gasteiger partial charge on any atom is -0.341 e. The van der Waals surface area contributed by atoms with Gasteiger partial charge in [-0.2, -0.15) is 0 Å². The molecule has 0 radical (unpaired) electrons. The summed E-state index contributed by atoms with van der Waals surface area (Å²) in [5.41, 5.74) is -0.0985. The molecular weight excluding hydrogens is 338 g/mol. The number of hydrogen-bond acceptors (Lipinski definition) is 4. The molecule has 0 N–H and O–H groups in total. The maximum Gasteiger partial charge on any atom is 0.332 e. The number of thiophene rings is 1. The quantitative estimate of drug-likeness (QED) is 0.722. The van der Waals surface area contributed by atoms with E-state index < -0.39 is 5.69 Å². The molecule has 6 nitrogen and oxygen atoms in total. The summed E-state index contributed by atoms with van der Waals surface area (Å²) in [6.45, 7) is 9.68. The van der Waals surface area contributed by atoms with Gasteiger partial charge in [-0.3, -0.25) is 18.7 Å². The molecule has 0 aliphatic heterocycles. The number of carbonyl (C=O) groups is 1. The van der Waals surface area contributed by atoms with Crippen LogP contribution in [0.15, 0.2) is 21.0 Å². The molecule has 0 atom stereocenters. The van der Waals surface area contributed by atoms with Gasteiger partial charge in [0, 0.05) is 19.6 Å². The lowest BCUT2D eigenvalue weighted by molar-refractivity contribution is -0.131. The Morgan fingerprint density at radius 2 is 1.80 bits per heavy atom. The molecule has 2 heterocycles. The van der Waals surface area contributed by atoms with Crippen LogP contribution in [0.5, 0.6) is 0 Å². The molecule has 2 rings (SSSR count). The maximum absolute atomic E-state index is 12.9. The van der Waals surface area contributed by atoms with Crippen molar-refractivity contribution < 1.29 is 4.79 Å². The smallest absolute Gasteiger partial charge is 0.332 e. The van der Waals surface area contributed by atoms with Crippen LogP contribution in [0.3, 0.4) is 0 Å². The van der Waals surface area contributed by atoms with Crippen molar-refractivity contribution in [2.75, 3.05) is 13.1 Å².